The van der Waals surface area contributed by atoms with Gasteiger partial charge in [-0.15, -0.1) is 23.1 Å². The summed E-state index contributed by atoms with van der Waals surface area (Å²) in [5.41, 5.74) is 0.837. The van der Waals surface area contributed by atoms with Gasteiger partial charge in [-0.3, -0.25) is 4.79 Å². The van der Waals surface area contributed by atoms with Crippen LogP contribution < -0.4 is 5.32 Å². The largest absolute Gasteiger partial charge is 0.350 e. The lowest BCUT2D eigenvalue weighted by atomic mass is 10.2. The van der Waals surface area contributed by atoms with Gasteiger partial charge in [0, 0.05) is 15.7 Å². The van der Waals surface area contributed by atoms with Crippen molar-refractivity contribution in [2.24, 2.45) is 0 Å². The van der Waals surface area contributed by atoms with E-state index in [9.17, 15) is 9.18 Å². The second-order valence-electron chi connectivity index (χ2n) is 4.08. The van der Waals surface area contributed by atoms with Crippen LogP contribution >= 0.6 is 34.7 Å². The fraction of sp³-hybridized carbons (Fsp3) is 0.214. The predicted octanol–water partition coefficient (Wildman–Crippen LogP) is 4.09. The fourth-order valence-corrected chi connectivity index (χ4v) is 3.36. The summed E-state index contributed by atoms with van der Waals surface area (Å²) in [5, 5.41) is 5.23. The molecule has 0 aliphatic rings. The van der Waals surface area contributed by atoms with Crippen LogP contribution in [0.1, 0.15) is 10.4 Å². The van der Waals surface area contributed by atoms with Crippen molar-refractivity contribution in [3.63, 3.8) is 0 Å². The summed E-state index contributed by atoms with van der Waals surface area (Å²) in [5.74, 6) is 0.587. The van der Waals surface area contributed by atoms with Crippen molar-refractivity contribution in [2.75, 3.05) is 5.75 Å². The molecule has 106 valence electrons. The highest BCUT2D eigenvalue weighted by atomic mass is 35.5. The van der Waals surface area contributed by atoms with Crippen LogP contribution in [0.2, 0.25) is 5.02 Å². The van der Waals surface area contributed by atoms with Crippen LogP contribution in [0.25, 0.3) is 0 Å². The van der Waals surface area contributed by atoms with E-state index < -0.39 is 0 Å². The smallest absolute Gasteiger partial charge is 0.230 e. The predicted molar refractivity (Wildman–Crippen MR) is 83.7 cm³/mol. The minimum atomic E-state index is -0.350. The summed E-state index contributed by atoms with van der Waals surface area (Å²) in [7, 11) is 0. The number of halogens is 2. The fourth-order valence-electron chi connectivity index (χ4n) is 1.54. The number of thioether (sulfide) groups is 1. The third kappa shape index (κ3) is 4.81. The van der Waals surface area contributed by atoms with Crippen molar-refractivity contribution < 1.29 is 9.18 Å². The van der Waals surface area contributed by atoms with Crippen molar-refractivity contribution in [1.82, 2.24) is 5.32 Å². The van der Waals surface area contributed by atoms with Gasteiger partial charge in [0.25, 0.3) is 0 Å². The lowest BCUT2D eigenvalue weighted by molar-refractivity contribution is -0.118. The van der Waals surface area contributed by atoms with E-state index in [0.717, 1.165) is 10.4 Å². The first-order valence-electron chi connectivity index (χ1n) is 5.96. The van der Waals surface area contributed by atoms with Gasteiger partial charge in [-0.05, 0) is 29.1 Å². The Morgan fingerprint density at radius 3 is 2.95 bits per heavy atom. The average Bonchev–Trinajstić information content (AvgIpc) is 2.92. The monoisotopic (exact) mass is 329 g/mol. The molecule has 0 spiro atoms. The van der Waals surface area contributed by atoms with Crippen LogP contribution in [0.5, 0.6) is 0 Å². The molecule has 0 saturated heterocycles. The van der Waals surface area contributed by atoms with Gasteiger partial charge in [-0.2, -0.15) is 0 Å². The van der Waals surface area contributed by atoms with Crippen LogP contribution in [0, 0.1) is 5.82 Å². The van der Waals surface area contributed by atoms with E-state index in [0.29, 0.717) is 23.1 Å². The molecule has 1 heterocycles. The molecule has 0 saturated carbocycles. The van der Waals surface area contributed by atoms with Gasteiger partial charge in [-0.25, -0.2) is 4.39 Å². The number of thiophene rings is 1. The van der Waals surface area contributed by atoms with E-state index in [1.165, 1.54) is 23.9 Å². The maximum Gasteiger partial charge on any atom is 0.230 e. The van der Waals surface area contributed by atoms with Crippen LogP contribution in [0.4, 0.5) is 4.39 Å². The minimum Gasteiger partial charge on any atom is -0.350 e. The third-order valence-electron chi connectivity index (χ3n) is 2.55. The lowest BCUT2D eigenvalue weighted by Gasteiger charge is -2.05. The Kier molecular flexibility index (Phi) is 5.88. The summed E-state index contributed by atoms with van der Waals surface area (Å²) in [4.78, 5) is 12.8. The van der Waals surface area contributed by atoms with Crippen LogP contribution in [-0.2, 0) is 17.1 Å². The molecule has 0 bridgehead atoms. The third-order valence-corrected chi connectivity index (χ3v) is 4.76. The zero-order valence-electron chi connectivity index (χ0n) is 10.6. The van der Waals surface area contributed by atoms with Gasteiger partial charge in [0.05, 0.1) is 12.3 Å². The standard InChI is InChI=1S/C14H13ClFNOS2/c15-13-6-11(16)4-3-10(13)8-19-9-14(18)17-7-12-2-1-5-20-12/h1-6H,7-9H2,(H,17,18). The number of hydrogen-bond acceptors (Lipinski definition) is 3. The van der Waals surface area contributed by atoms with Crippen molar-refractivity contribution in [1.29, 1.82) is 0 Å². The molecule has 0 aliphatic carbocycles. The molecule has 0 radical (unpaired) electrons. The lowest BCUT2D eigenvalue weighted by Crippen LogP contribution is -2.24. The molecular weight excluding hydrogens is 317 g/mol. The first kappa shape index (κ1) is 15.4. The number of amides is 1. The minimum absolute atomic E-state index is 0.0124. The van der Waals surface area contributed by atoms with Gasteiger partial charge in [0.1, 0.15) is 5.82 Å². The highest BCUT2D eigenvalue weighted by molar-refractivity contribution is 7.99. The SMILES string of the molecule is O=C(CSCc1ccc(F)cc1Cl)NCc1cccs1. The van der Waals surface area contributed by atoms with Crippen molar-refractivity contribution in [3.05, 3.63) is 57.0 Å². The molecule has 0 atom stereocenters. The van der Waals surface area contributed by atoms with E-state index in [2.05, 4.69) is 5.32 Å². The van der Waals surface area contributed by atoms with Crippen molar-refractivity contribution in [2.45, 2.75) is 12.3 Å². The van der Waals surface area contributed by atoms with Crippen LogP contribution in [-0.4, -0.2) is 11.7 Å². The molecule has 1 aromatic carbocycles. The topological polar surface area (TPSA) is 29.1 Å². The molecule has 2 nitrogen and oxygen atoms in total. The summed E-state index contributed by atoms with van der Waals surface area (Å²) < 4.78 is 12.9. The van der Waals surface area contributed by atoms with Crippen LogP contribution in [0.3, 0.4) is 0 Å². The Bertz CT molecular complexity index is 575. The van der Waals surface area contributed by atoms with Gasteiger partial charge in [0.15, 0.2) is 0 Å². The molecular formula is C14H13ClFNOS2. The molecule has 0 fully saturated rings. The highest BCUT2D eigenvalue weighted by Crippen LogP contribution is 2.22. The first-order chi connectivity index (χ1) is 9.65. The maximum absolute atomic E-state index is 12.9. The van der Waals surface area contributed by atoms with E-state index in [1.54, 1.807) is 17.4 Å². The quantitative estimate of drug-likeness (QED) is 0.864. The summed E-state index contributed by atoms with van der Waals surface area (Å²) >= 11 is 8.99. The summed E-state index contributed by atoms with van der Waals surface area (Å²) in [6.45, 7) is 0.564. The highest BCUT2D eigenvalue weighted by Gasteiger charge is 2.05. The molecule has 1 amide bonds. The molecule has 0 unspecified atom stereocenters. The molecule has 0 aliphatic heterocycles. The van der Waals surface area contributed by atoms with Gasteiger partial charge in [-0.1, -0.05) is 23.7 Å². The van der Waals surface area contributed by atoms with Gasteiger partial charge >= 0.3 is 0 Å². The molecule has 2 rings (SSSR count). The Labute approximate surface area is 130 Å². The Morgan fingerprint density at radius 2 is 2.25 bits per heavy atom. The van der Waals surface area contributed by atoms with Crippen molar-refractivity contribution >= 4 is 40.6 Å². The number of nitrogens with one attached hydrogen (secondary N) is 1. The number of hydrogen-bond donors (Lipinski definition) is 1. The zero-order valence-corrected chi connectivity index (χ0v) is 13.0. The molecule has 20 heavy (non-hydrogen) atoms. The molecule has 2 aromatic rings. The number of carbonyl (C=O) groups is 1. The second-order valence-corrected chi connectivity index (χ2v) is 6.51. The first-order valence-corrected chi connectivity index (χ1v) is 8.37. The zero-order chi connectivity index (χ0) is 14.4. The summed E-state index contributed by atoms with van der Waals surface area (Å²) in [6.07, 6.45) is 0. The Morgan fingerprint density at radius 1 is 1.40 bits per heavy atom. The average molecular weight is 330 g/mol. The number of rotatable bonds is 6. The molecule has 6 heteroatoms. The maximum atomic E-state index is 12.9. The molecule has 1 N–H and O–H groups in total. The van der Waals surface area contributed by atoms with E-state index in [-0.39, 0.29) is 11.7 Å². The van der Waals surface area contributed by atoms with E-state index in [1.807, 2.05) is 17.5 Å². The molecule has 1 aromatic heterocycles. The van der Waals surface area contributed by atoms with Crippen molar-refractivity contribution in [3.8, 4) is 0 Å². The van der Waals surface area contributed by atoms with Gasteiger partial charge < -0.3 is 5.32 Å². The van der Waals surface area contributed by atoms with Crippen LogP contribution in [0.15, 0.2) is 35.7 Å². The van der Waals surface area contributed by atoms with E-state index >= 15 is 0 Å². The number of carbonyl (C=O) groups excluding carboxylic acids is 1. The number of benzene rings is 1. The van der Waals surface area contributed by atoms with Gasteiger partial charge in [0.2, 0.25) is 5.91 Å². The summed E-state index contributed by atoms with van der Waals surface area (Å²) in [6, 6.07) is 8.25. The Balaban J connectivity index is 1.71. The second kappa shape index (κ2) is 7.67. The Hall–Kier alpha value is -1.04. The van der Waals surface area contributed by atoms with E-state index in [4.69, 9.17) is 11.6 Å². The normalized spacial score (nSPS) is 10.5.